The van der Waals surface area contributed by atoms with Crippen molar-refractivity contribution in [3.8, 4) is 10.4 Å². The number of thiophene rings is 1. The van der Waals surface area contributed by atoms with Crippen LogP contribution in [0.5, 0.6) is 0 Å². The zero-order chi connectivity index (χ0) is 11.7. The van der Waals surface area contributed by atoms with Crippen LogP contribution >= 0.6 is 34.5 Å². The van der Waals surface area contributed by atoms with Crippen molar-refractivity contribution in [2.45, 2.75) is 6.92 Å². The summed E-state index contributed by atoms with van der Waals surface area (Å²) in [4.78, 5) is 12.2. The lowest BCUT2D eigenvalue weighted by Crippen LogP contribution is -1.92. The number of Topliss-reactive ketones (excluding diaryl/α,β-unsaturated/α-hetero) is 1. The summed E-state index contributed by atoms with van der Waals surface area (Å²) in [7, 11) is 0. The Morgan fingerprint density at radius 3 is 2.44 bits per heavy atom. The van der Waals surface area contributed by atoms with Crippen molar-refractivity contribution in [1.82, 2.24) is 0 Å². The zero-order valence-electron chi connectivity index (χ0n) is 8.46. The van der Waals surface area contributed by atoms with E-state index in [1.165, 1.54) is 6.92 Å². The lowest BCUT2D eigenvalue weighted by atomic mass is 10.1. The molecule has 0 saturated heterocycles. The Morgan fingerprint density at radius 2 is 1.94 bits per heavy atom. The molecule has 0 saturated carbocycles. The summed E-state index contributed by atoms with van der Waals surface area (Å²) in [6.45, 7) is 1.50. The Balaban J connectivity index is 2.50. The number of ketones is 1. The van der Waals surface area contributed by atoms with Gasteiger partial charge in [0.2, 0.25) is 0 Å². The molecule has 1 nitrogen and oxygen atoms in total. The maximum Gasteiger partial charge on any atom is 0.161 e. The second-order valence-corrected chi connectivity index (χ2v) is 5.08. The Hall–Kier alpha value is -0.830. The summed E-state index contributed by atoms with van der Waals surface area (Å²) in [6.07, 6.45) is 0. The highest BCUT2D eigenvalue weighted by Crippen LogP contribution is 2.35. The normalized spacial score (nSPS) is 10.4. The molecule has 1 aromatic carbocycles. The van der Waals surface area contributed by atoms with E-state index >= 15 is 0 Å². The van der Waals surface area contributed by atoms with Crippen molar-refractivity contribution < 1.29 is 4.79 Å². The van der Waals surface area contributed by atoms with Crippen molar-refractivity contribution in [3.05, 3.63) is 45.3 Å². The number of carbonyl (C=O) groups excluding carboxylic acids is 1. The van der Waals surface area contributed by atoms with Crippen LogP contribution in [-0.4, -0.2) is 5.78 Å². The van der Waals surface area contributed by atoms with E-state index in [1.807, 2.05) is 17.5 Å². The number of hydrogen-bond acceptors (Lipinski definition) is 2. The number of halogens is 2. The molecule has 16 heavy (non-hydrogen) atoms. The van der Waals surface area contributed by atoms with Crippen LogP contribution in [0.25, 0.3) is 10.4 Å². The van der Waals surface area contributed by atoms with Crippen LogP contribution < -0.4 is 0 Å². The first-order valence-corrected chi connectivity index (χ1v) is 6.27. The first-order valence-electron chi connectivity index (χ1n) is 4.63. The van der Waals surface area contributed by atoms with Gasteiger partial charge in [-0.2, -0.15) is 0 Å². The third kappa shape index (κ3) is 2.14. The van der Waals surface area contributed by atoms with Gasteiger partial charge < -0.3 is 0 Å². The third-order valence-corrected chi connectivity index (χ3v) is 3.93. The van der Waals surface area contributed by atoms with Gasteiger partial charge in [-0.1, -0.05) is 29.3 Å². The van der Waals surface area contributed by atoms with Gasteiger partial charge >= 0.3 is 0 Å². The molecule has 2 aromatic rings. The molecule has 0 aliphatic heterocycles. The van der Waals surface area contributed by atoms with Crippen LogP contribution in [0.15, 0.2) is 29.6 Å². The molecule has 0 N–H and O–H groups in total. The highest BCUT2D eigenvalue weighted by atomic mass is 35.5. The van der Waals surface area contributed by atoms with Crippen molar-refractivity contribution in [3.63, 3.8) is 0 Å². The Labute approximate surface area is 108 Å². The summed E-state index contributed by atoms with van der Waals surface area (Å²) >= 11 is 13.6. The highest BCUT2D eigenvalue weighted by molar-refractivity contribution is 7.14. The quantitative estimate of drug-likeness (QED) is 0.708. The molecule has 1 heterocycles. The van der Waals surface area contributed by atoms with Gasteiger partial charge in [-0.05, 0) is 36.1 Å². The van der Waals surface area contributed by atoms with E-state index in [9.17, 15) is 4.79 Å². The molecule has 0 atom stereocenters. The molecule has 2 rings (SSSR count). The van der Waals surface area contributed by atoms with E-state index in [1.54, 1.807) is 23.5 Å². The van der Waals surface area contributed by atoms with Gasteiger partial charge in [0.25, 0.3) is 0 Å². The Kier molecular flexibility index (Phi) is 3.33. The molecule has 0 fully saturated rings. The van der Waals surface area contributed by atoms with E-state index in [2.05, 4.69) is 0 Å². The van der Waals surface area contributed by atoms with Crippen LogP contribution in [0.1, 0.15) is 17.3 Å². The number of carbonyl (C=O) groups is 1. The minimum Gasteiger partial charge on any atom is -0.294 e. The summed E-state index contributed by atoms with van der Waals surface area (Å²) in [5, 5.41) is 3.09. The Morgan fingerprint density at radius 1 is 1.19 bits per heavy atom. The van der Waals surface area contributed by atoms with Crippen molar-refractivity contribution >= 4 is 40.3 Å². The lowest BCUT2D eigenvalue weighted by Gasteiger charge is -2.03. The molecule has 0 radical (unpaired) electrons. The van der Waals surface area contributed by atoms with Gasteiger partial charge in [-0.25, -0.2) is 0 Å². The monoisotopic (exact) mass is 270 g/mol. The fourth-order valence-corrected chi connectivity index (χ4v) is 2.92. The third-order valence-electron chi connectivity index (χ3n) is 2.23. The molecular formula is C12H8Cl2OS. The maximum atomic E-state index is 11.2. The van der Waals surface area contributed by atoms with Gasteiger partial charge in [-0.15, -0.1) is 11.3 Å². The molecule has 0 bridgehead atoms. The summed E-state index contributed by atoms with van der Waals surface area (Å²) in [5.74, 6) is -0.0335. The molecule has 4 heteroatoms. The van der Waals surface area contributed by atoms with Gasteiger partial charge in [0.15, 0.2) is 5.78 Å². The fraction of sp³-hybridized carbons (Fsp3) is 0.0833. The second kappa shape index (κ2) is 4.58. The van der Waals surface area contributed by atoms with Crippen LogP contribution in [0.3, 0.4) is 0 Å². The average Bonchev–Trinajstić information content (AvgIpc) is 2.63. The predicted molar refractivity (Wildman–Crippen MR) is 69.8 cm³/mol. The van der Waals surface area contributed by atoms with E-state index in [0.29, 0.717) is 15.6 Å². The first-order chi connectivity index (χ1) is 7.59. The molecular weight excluding hydrogens is 263 g/mol. The second-order valence-electron chi connectivity index (χ2n) is 3.35. The first kappa shape index (κ1) is 11.6. The highest BCUT2D eigenvalue weighted by Gasteiger charge is 2.09. The van der Waals surface area contributed by atoms with E-state index in [-0.39, 0.29) is 5.78 Å². The molecule has 1 aromatic heterocycles. The number of benzene rings is 1. The minimum absolute atomic E-state index is 0.0335. The van der Waals surface area contributed by atoms with Crippen molar-refractivity contribution in [1.29, 1.82) is 0 Å². The molecule has 0 spiro atoms. The lowest BCUT2D eigenvalue weighted by molar-refractivity contribution is 0.101. The summed E-state index contributed by atoms with van der Waals surface area (Å²) < 4.78 is 0. The molecule has 0 unspecified atom stereocenters. The standard InChI is InChI=1S/C12H8Cl2OS/c1-7(15)9-3-2-8(6-11(9)14)12-10(13)4-5-16-12/h2-6H,1H3. The minimum atomic E-state index is -0.0335. The van der Waals surface area contributed by atoms with Crippen LogP contribution in [0, 0.1) is 0 Å². The van der Waals surface area contributed by atoms with Crippen LogP contribution in [0.4, 0.5) is 0 Å². The molecule has 0 amide bonds. The Bertz CT molecular complexity index is 546. The average molecular weight is 271 g/mol. The fourth-order valence-electron chi connectivity index (χ4n) is 1.44. The van der Waals surface area contributed by atoms with E-state index in [4.69, 9.17) is 23.2 Å². The van der Waals surface area contributed by atoms with Crippen LogP contribution in [-0.2, 0) is 0 Å². The van der Waals surface area contributed by atoms with Gasteiger partial charge in [0, 0.05) is 5.56 Å². The van der Waals surface area contributed by atoms with Crippen molar-refractivity contribution in [2.75, 3.05) is 0 Å². The smallest absolute Gasteiger partial charge is 0.161 e. The largest absolute Gasteiger partial charge is 0.294 e. The van der Waals surface area contributed by atoms with E-state index in [0.717, 1.165) is 10.4 Å². The molecule has 0 aliphatic rings. The van der Waals surface area contributed by atoms with E-state index < -0.39 is 0 Å². The van der Waals surface area contributed by atoms with Crippen LogP contribution in [0.2, 0.25) is 10.0 Å². The molecule has 0 aliphatic carbocycles. The number of hydrogen-bond donors (Lipinski definition) is 0. The van der Waals surface area contributed by atoms with Gasteiger partial charge in [0.05, 0.1) is 14.9 Å². The van der Waals surface area contributed by atoms with Gasteiger partial charge in [0.1, 0.15) is 0 Å². The topological polar surface area (TPSA) is 17.1 Å². The summed E-state index contributed by atoms with van der Waals surface area (Å²) in [5.41, 5.74) is 1.48. The predicted octanol–water partition coefficient (Wildman–Crippen LogP) is 4.92. The van der Waals surface area contributed by atoms with Crippen molar-refractivity contribution in [2.24, 2.45) is 0 Å². The van der Waals surface area contributed by atoms with Gasteiger partial charge in [-0.3, -0.25) is 4.79 Å². The number of rotatable bonds is 2. The molecule has 82 valence electrons. The SMILES string of the molecule is CC(=O)c1ccc(-c2sccc2Cl)cc1Cl. The zero-order valence-corrected chi connectivity index (χ0v) is 10.8. The maximum absolute atomic E-state index is 11.2. The summed E-state index contributed by atoms with van der Waals surface area (Å²) in [6, 6.07) is 7.21.